The third-order valence-electron chi connectivity index (χ3n) is 2.93. The first-order chi connectivity index (χ1) is 9.13. The lowest BCUT2D eigenvalue weighted by Crippen LogP contribution is -2.27. The molecule has 0 aliphatic carbocycles. The molecule has 0 amide bonds. The minimum Gasteiger partial charge on any atom is -0.469 e. The molecule has 1 N–H and O–H groups in total. The number of imidazole rings is 1. The Morgan fingerprint density at radius 1 is 1.53 bits per heavy atom. The predicted octanol–water partition coefficient (Wildman–Crippen LogP) is 2.09. The lowest BCUT2D eigenvalue weighted by Gasteiger charge is -2.18. The SMILES string of the molecule is CCN(CCC(=O)OC)c1nc2ccc(F)cc2[nH]1. The van der Waals surface area contributed by atoms with Crippen LogP contribution in [0, 0.1) is 5.82 Å². The van der Waals surface area contributed by atoms with Crippen molar-refractivity contribution in [1.29, 1.82) is 0 Å². The van der Waals surface area contributed by atoms with E-state index in [-0.39, 0.29) is 18.2 Å². The molecular weight excluding hydrogens is 249 g/mol. The highest BCUT2D eigenvalue weighted by Crippen LogP contribution is 2.18. The number of benzene rings is 1. The highest BCUT2D eigenvalue weighted by Gasteiger charge is 2.12. The highest BCUT2D eigenvalue weighted by molar-refractivity contribution is 5.77. The number of methoxy groups -OCH3 is 1. The summed E-state index contributed by atoms with van der Waals surface area (Å²) < 4.78 is 17.7. The normalized spacial score (nSPS) is 10.7. The van der Waals surface area contributed by atoms with E-state index in [0.29, 0.717) is 30.1 Å². The molecule has 0 saturated carbocycles. The van der Waals surface area contributed by atoms with Gasteiger partial charge in [0.15, 0.2) is 0 Å². The van der Waals surface area contributed by atoms with E-state index in [2.05, 4.69) is 14.7 Å². The summed E-state index contributed by atoms with van der Waals surface area (Å²) in [4.78, 5) is 20.5. The van der Waals surface area contributed by atoms with Crippen LogP contribution in [-0.2, 0) is 9.53 Å². The molecule has 0 radical (unpaired) electrons. The topological polar surface area (TPSA) is 58.2 Å². The summed E-state index contributed by atoms with van der Waals surface area (Å²) in [7, 11) is 1.36. The molecule has 5 nitrogen and oxygen atoms in total. The second-order valence-electron chi connectivity index (χ2n) is 4.13. The Morgan fingerprint density at radius 3 is 3.00 bits per heavy atom. The van der Waals surface area contributed by atoms with E-state index in [1.807, 2.05) is 11.8 Å². The van der Waals surface area contributed by atoms with Crippen molar-refractivity contribution in [3.8, 4) is 0 Å². The van der Waals surface area contributed by atoms with Crippen molar-refractivity contribution in [3.63, 3.8) is 0 Å². The first-order valence-electron chi connectivity index (χ1n) is 6.11. The molecule has 0 atom stereocenters. The zero-order chi connectivity index (χ0) is 13.8. The van der Waals surface area contributed by atoms with Gasteiger partial charge in [0.05, 0.1) is 24.6 Å². The van der Waals surface area contributed by atoms with E-state index in [1.54, 1.807) is 6.07 Å². The van der Waals surface area contributed by atoms with Gasteiger partial charge >= 0.3 is 5.97 Å². The zero-order valence-corrected chi connectivity index (χ0v) is 10.9. The van der Waals surface area contributed by atoms with E-state index in [9.17, 15) is 9.18 Å². The van der Waals surface area contributed by atoms with Gasteiger partial charge in [0, 0.05) is 13.1 Å². The number of nitrogens with one attached hydrogen (secondary N) is 1. The maximum Gasteiger partial charge on any atom is 0.307 e. The van der Waals surface area contributed by atoms with Crippen LogP contribution in [0.2, 0.25) is 0 Å². The van der Waals surface area contributed by atoms with Crippen LogP contribution < -0.4 is 4.90 Å². The number of ether oxygens (including phenoxy) is 1. The number of carbonyl (C=O) groups excluding carboxylic acids is 1. The molecule has 0 aliphatic heterocycles. The average Bonchev–Trinajstić information content (AvgIpc) is 2.81. The largest absolute Gasteiger partial charge is 0.469 e. The standard InChI is InChI=1S/C13H16FN3O2/c1-3-17(7-6-12(18)19-2)13-15-10-5-4-9(14)8-11(10)16-13/h4-5,8H,3,6-7H2,1-2H3,(H,15,16). The number of aromatic amines is 1. The number of anilines is 1. The second kappa shape index (κ2) is 5.69. The summed E-state index contributed by atoms with van der Waals surface area (Å²) in [5, 5.41) is 0. The number of fused-ring (bicyclic) bond motifs is 1. The predicted molar refractivity (Wildman–Crippen MR) is 70.6 cm³/mol. The van der Waals surface area contributed by atoms with Gasteiger partial charge in [0.25, 0.3) is 0 Å². The molecule has 1 heterocycles. The molecule has 19 heavy (non-hydrogen) atoms. The third-order valence-corrected chi connectivity index (χ3v) is 2.93. The average molecular weight is 265 g/mol. The van der Waals surface area contributed by atoms with Crippen LogP contribution in [0.15, 0.2) is 18.2 Å². The Hall–Kier alpha value is -2.11. The van der Waals surface area contributed by atoms with Crippen molar-refractivity contribution in [2.45, 2.75) is 13.3 Å². The molecule has 102 valence electrons. The molecule has 1 aromatic carbocycles. The number of carbonyl (C=O) groups is 1. The van der Waals surface area contributed by atoms with Gasteiger partial charge in [-0.3, -0.25) is 4.79 Å². The van der Waals surface area contributed by atoms with Gasteiger partial charge in [-0.2, -0.15) is 0 Å². The van der Waals surface area contributed by atoms with Gasteiger partial charge in [-0.1, -0.05) is 0 Å². The Bertz CT molecular complexity index is 582. The molecule has 0 spiro atoms. The minimum absolute atomic E-state index is 0.263. The first kappa shape index (κ1) is 13.3. The van der Waals surface area contributed by atoms with Gasteiger partial charge in [-0.25, -0.2) is 9.37 Å². The third kappa shape index (κ3) is 3.01. The molecule has 0 unspecified atom stereocenters. The molecule has 2 aromatic rings. The highest BCUT2D eigenvalue weighted by atomic mass is 19.1. The van der Waals surface area contributed by atoms with E-state index >= 15 is 0 Å². The number of aromatic nitrogens is 2. The zero-order valence-electron chi connectivity index (χ0n) is 10.9. The lowest BCUT2D eigenvalue weighted by molar-refractivity contribution is -0.140. The van der Waals surface area contributed by atoms with E-state index < -0.39 is 0 Å². The van der Waals surface area contributed by atoms with Crippen molar-refractivity contribution >= 4 is 23.0 Å². The van der Waals surface area contributed by atoms with Crippen LogP contribution in [0.5, 0.6) is 0 Å². The van der Waals surface area contributed by atoms with Crippen molar-refractivity contribution in [2.24, 2.45) is 0 Å². The van der Waals surface area contributed by atoms with Crippen molar-refractivity contribution in [3.05, 3.63) is 24.0 Å². The molecule has 0 aliphatic rings. The Morgan fingerprint density at radius 2 is 2.32 bits per heavy atom. The first-order valence-corrected chi connectivity index (χ1v) is 6.11. The Balaban J connectivity index is 2.18. The van der Waals surface area contributed by atoms with Gasteiger partial charge in [0.1, 0.15) is 5.82 Å². The van der Waals surface area contributed by atoms with Crippen molar-refractivity contribution in [1.82, 2.24) is 9.97 Å². The van der Waals surface area contributed by atoms with Crippen molar-refractivity contribution in [2.75, 3.05) is 25.1 Å². The lowest BCUT2D eigenvalue weighted by atomic mass is 10.3. The number of H-pyrrole nitrogens is 1. The van der Waals surface area contributed by atoms with Crippen LogP contribution in [0.1, 0.15) is 13.3 Å². The monoisotopic (exact) mass is 265 g/mol. The Kier molecular flexibility index (Phi) is 3.99. The number of halogens is 1. The fraction of sp³-hybridized carbons (Fsp3) is 0.385. The molecule has 2 rings (SSSR count). The molecule has 6 heteroatoms. The van der Waals surface area contributed by atoms with Gasteiger partial charge in [-0.15, -0.1) is 0 Å². The fourth-order valence-electron chi connectivity index (χ4n) is 1.86. The summed E-state index contributed by atoms with van der Waals surface area (Å²) in [6.07, 6.45) is 0.287. The van der Waals surface area contributed by atoms with Crippen molar-refractivity contribution < 1.29 is 13.9 Å². The van der Waals surface area contributed by atoms with E-state index in [1.165, 1.54) is 19.2 Å². The number of nitrogens with zero attached hydrogens (tertiary/aromatic N) is 2. The van der Waals surface area contributed by atoms with Gasteiger partial charge in [-0.05, 0) is 25.1 Å². The summed E-state index contributed by atoms with van der Waals surface area (Å²) in [5.41, 5.74) is 1.35. The van der Waals surface area contributed by atoms with Crippen LogP contribution in [0.25, 0.3) is 11.0 Å². The summed E-state index contributed by atoms with van der Waals surface area (Å²) in [6.45, 7) is 3.16. The summed E-state index contributed by atoms with van der Waals surface area (Å²) in [6, 6.07) is 4.40. The quantitative estimate of drug-likeness (QED) is 0.841. The number of esters is 1. The number of hydrogen-bond donors (Lipinski definition) is 1. The van der Waals surface area contributed by atoms with E-state index in [0.717, 1.165) is 0 Å². The smallest absolute Gasteiger partial charge is 0.307 e. The molecule has 0 bridgehead atoms. The van der Waals surface area contributed by atoms with Crippen LogP contribution >= 0.6 is 0 Å². The van der Waals surface area contributed by atoms with Crippen LogP contribution in [0.4, 0.5) is 10.3 Å². The van der Waals surface area contributed by atoms with Crippen LogP contribution in [-0.4, -0.2) is 36.1 Å². The maximum absolute atomic E-state index is 13.1. The van der Waals surface area contributed by atoms with E-state index in [4.69, 9.17) is 0 Å². The minimum atomic E-state index is -0.305. The molecule has 0 fully saturated rings. The fourth-order valence-corrected chi connectivity index (χ4v) is 1.86. The molecular formula is C13H16FN3O2. The molecule has 1 aromatic heterocycles. The summed E-state index contributed by atoms with van der Waals surface area (Å²) in [5.74, 6) is 0.0629. The maximum atomic E-state index is 13.1. The number of rotatable bonds is 5. The Labute approximate surface area is 110 Å². The van der Waals surface area contributed by atoms with Gasteiger partial charge < -0.3 is 14.6 Å². The number of hydrogen-bond acceptors (Lipinski definition) is 4. The molecule has 0 saturated heterocycles. The van der Waals surface area contributed by atoms with Crippen LogP contribution in [0.3, 0.4) is 0 Å². The second-order valence-corrected chi connectivity index (χ2v) is 4.13. The summed E-state index contributed by atoms with van der Waals surface area (Å²) >= 11 is 0. The van der Waals surface area contributed by atoms with Gasteiger partial charge in [0.2, 0.25) is 5.95 Å².